The summed E-state index contributed by atoms with van der Waals surface area (Å²) in [5.74, 6) is -1.11. The highest BCUT2D eigenvalue weighted by molar-refractivity contribution is 5.73. The van der Waals surface area contributed by atoms with Crippen LogP contribution in [0.15, 0.2) is 0 Å². The Labute approximate surface area is 108 Å². The second-order valence-electron chi connectivity index (χ2n) is 5.15. The van der Waals surface area contributed by atoms with Crippen molar-refractivity contribution in [2.45, 2.75) is 52.6 Å². The average molecular weight is 262 g/mol. The Morgan fingerprint density at radius 2 is 1.06 bits per heavy atom. The second-order valence-corrected chi connectivity index (χ2v) is 5.15. The lowest BCUT2D eigenvalue weighted by Crippen LogP contribution is -2.31. The standard InChI is InChI=1S/2C6H13NO2/c2*1-4(2)3-5(7)6(8)9/h2*4-5H,3,7H2,1-2H3,(H,8,9)/t2*5-/m10/s1. The second kappa shape index (κ2) is 9.85. The summed E-state index contributed by atoms with van der Waals surface area (Å²) in [4.78, 5) is 20.2. The summed E-state index contributed by atoms with van der Waals surface area (Å²) in [6.45, 7) is 7.79. The van der Waals surface area contributed by atoms with Crippen molar-refractivity contribution < 1.29 is 19.8 Å². The molecule has 2 atom stereocenters. The molecule has 0 aliphatic heterocycles. The maximum absolute atomic E-state index is 10.1. The van der Waals surface area contributed by atoms with Crippen molar-refractivity contribution in [3.05, 3.63) is 0 Å². The molecule has 0 aliphatic carbocycles. The maximum atomic E-state index is 10.1. The van der Waals surface area contributed by atoms with E-state index >= 15 is 0 Å². The molecule has 6 N–H and O–H groups in total. The zero-order chi connectivity index (χ0) is 14.9. The van der Waals surface area contributed by atoms with Crippen molar-refractivity contribution in [3.63, 3.8) is 0 Å². The molecule has 0 saturated carbocycles. The van der Waals surface area contributed by atoms with Gasteiger partial charge in [-0.05, 0) is 24.7 Å². The van der Waals surface area contributed by atoms with Crippen molar-refractivity contribution >= 4 is 11.9 Å². The predicted molar refractivity (Wildman–Crippen MR) is 70.1 cm³/mol. The van der Waals surface area contributed by atoms with E-state index in [1.807, 2.05) is 27.7 Å². The third-order valence-corrected chi connectivity index (χ3v) is 2.09. The molecule has 0 fully saturated rings. The highest BCUT2D eigenvalue weighted by atomic mass is 16.4. The monoisotopic (exact) mass is 262 g/mol. The molecule has 0 heterocycles. The lowest BCUT2D eigenvalue weighted by Gasteiger charge is -2.07. The summed E-state index contributed by atoms with van der Waals surface area (Å²) >= 11 is 0. The topological polar surface area (TPSA) is 127 Å². The van der Waals surface area contributed by atoms with Crippen LogP contribution < -0.4 is 11.5 Å². The zero-order valence-electron chi connectivity index (χ0n) is 11.6. The van der Waals surface area contributed by atoms with Gasteiger partial charge < -0.3 is 21.7 Å². The molecule has 6 nitrogen and oxygen atoms in total. The molecule has 108 valence electrons. The predicted octanol–water partition coefficient (Wildman–Crippen LogP) is 0.889. The van der Waals surface area contributed by atoms with Gasteiger partial charge in [-0.1, -0.05) is 27.7 Å². The number of aliphatic carboxylic acids is 2. The molecule has 0 aromatic heterocycles. The van der Waals surface area contributed by atoms with Gasteiger partial charge in [-0.3, -0.25) is 9.59 Å². The van der Waals surface area contributed by atoms with Gasteiger partial charge in [-0.25, -0.2) is 0 Å². The van der Waals surface area contributed by atoms with E-state index in [1.165, 1.54) is 0 Å². The quantitative estimate of drug-likeness (QED) is 0.563. The number of carbonyl (C=O) groups is 2. The summed E-state index contributed by atoms with van der Waals surface area (Å²) in [5.41, 5.74) is 10.4. The summed E-state index contributed by atoms with van der Waals surface area (Å²) in [7, 11) is 0. The number of rotatable bonds is 6. The van der Waals surface area contributed by atoms with Crippen molar-refractivity contribution in [3.8, 4) is 0 Å². The molecule has 0 radical (unpaired) electrons. The first-order valence-electron chi connectivity index (χ1n) is 6.04. The molecule has 0 bridgehead atoms. The van der Waals surface area contributed by atoms with Gasteiger partial charge in [0.05, 0.1) is 0 Å². The van der Waals surface area contributed by atoms with Gasteiger partial charge >= 0.3 is 11.9 Å². The van der Waals surface area contributed by atoms with Crippen molar-refractivity contribution in [1.29, 1.82) is 0 Å². The lowest BCUT2D eigenvalue weighted by molar-refractivity contribution is -0.139. The molecule has 6 heteroatoms. The minimum Gasteiger partial charge on any atom is -0.480 e. The molecule has 0 aromatic rings. The van der Waals surface area contributed by atoms with Crippen LogP contribution in [0.2, 0.25) is 0 Å². The Balaban J connectivity index is 0. The van der Waals surface area contributed by atoms with Crippen molar-refractivity contribution in [1.82, 2.24) is 0 Å². The van der Waals surface area contributed by atoms with Crippen LogP contribution in [0, 0.1) is 11.8 Å². The van der Waals surface area contributed by atoms with Crippen LogP contribution in [-0.4, -0.2) is 34.2 Å². The van der Waals surface area contributed by atoms with Gasteiger partial charge in [0.2, 0.25) is 0 Å². The Hall–Kier alpha value is -1.14. The summed E-state index contributed by atoms with van der Waals surface area (Å²) in [6.07, 6.45) is 1.10. The zero-order valence-corrected chi connectivity index (χ0v) is 11.6. The number of hydrogen-bond donors (Lipinski definition) is 4. The van der Waals surface area contributed by atoms with E-state index < -0.39 is 24.0 Å². The van der Waals surface area contributed by atoms with Crippen LogP contribution in [0.3, 0.4) is 0 Å². The smallest absolute Gasteiger partial charge is 0.320 e. The molecule has 0 amide bonds. The molecule has 0 rings (SSSR count). The fourth-order valence-electron chi connectivity index (χ4n) is 1.22. The Morgan fingerprint density at radius 3 is 1.11 bits per heavy atom. The maximum Gasteiger partial charge on any atom is 0.320 e. The Bertz CT molecular complexity index is 228. The minimum absolute atomic E-state index is 0.357. The molecular weight excluding hydrogens is 236 g/mol. The largest absolute Gasteiger partial charge is 0.480 e. The number of nitrogens with two attached hydrogens (primary N) is 2. The van der Waals surface area contributed by atoms with Crippen LogP contribution in [0.4, 0.5) is 0 Å². The number of carboxylic acids is 2. The van der Waals surface area contributed by atoms with Crippen molar-refractivity contribution in [2.75, 3.05) is 0 Å². The van der Waals surface area contributed by atoms with Crippen molar-refractivity contribution in [2.24, 2.45) is 23.3 Å². The van der Waals surface area contributed by atoms with Gasteiger partial charge in [0.15, 0.2) is 0 Å². The van der Waals surface area contributed by atoms with Gasteiger partial charge in [0.1, 0.15) is 12.1 Å². The Morgan fingerprint density at radius 1 is 0.833 bits per heavy atom. The van der Waals surface area contributed by atoms with Gasteiger partial charge in [0.25, 0.3) is 0 Å². The highest BCUT2D eigenvalue weighted by Gasteiger charge is 2.12. The van der Waals surface area contributed by atoms with Gasteiger partial charge in [-0.15, -0.1) is 0 Å². The van der Waals surface area contributed by atoms with E-state index in [9.17, 15) is 9.59 Å². The van der Waals surface area contributed by atoms with E-state index in [2.05, 4.69) is 0 Å². The number of hydrogen-bond acceptors (Lipinski definition) is 4. The molecular formula is C12H26N2O4. The first-order valence-corrected chi connectivity index (χ1v) is 6.04. The van der Waals surface area contributed by atoms with Crippen LogP contribution in [0.25, 0.3) is 0 Å². The van der Waals surface area contributed by atoms with E-state index in [4.69, 9.17) is 21.7 Å². The van der Waals surface area contributed by atoms with Crippen LogP contribution in [-0.2, 0) is 9.59 Å². The summed E-state index contributed by atoms with van der Waals surface area (Å²) < 4.78 is 0. The SMILES string of the molecule is CC(C)C[C@@H](N)C(=O)O.CC(C)C[C@H](N)C(=O)O. The van der Waals surface area contributed by atoms with E-state index in [-0.39, 0.29) is 0 Å². The van der Waals surface area contributed by atoms with E-state index in [0.717, 1.165) is 0 Å². The molecule has 0 saturated heterocycles. The molecule has 18 heavy (non-hydrogen) atoms. The summed E-state index contributed by atoms with van der Waals surface area (Å²) in [6, 6.07) is -1.38. The first-order chi connectivity index (χ1) is 8.07. The highest BCUT2D eigenvalue weighted by Crippen LogP contribution is 2.02. The lowest BCUT2D eigenvalue weighted by atomic mass is 10.1. The van der Waals surface area contributed by atoms with Gasteiger partial charge in [-0.2, -0.15) is 0 Å². The van der Waals surface area contributed by atoms with Crippen LogP contribution >= 0.6 is 0 Å². The minimum atomic E-state index is -0.913. The molecule has 0 aliphatic rings. The van der Waals surface area contributed by atoms with E-state index in [1.54, 1.807) is 0 Å². The Kier molecular flexibility index (Phi) is 10.5. The van der Waals surface area contributed by atoms with E-state index in [0.29, 0.717) is 24.7 Å². The average Bonchev–Trinajstić information content (AvgIpc) is 2.16. The van der Waals surface area contributed by atoms with Gasteiger partial charge in [0, 0.05) is 0 Å². The third kappa shape index (κ3) is 12.9. The third-order valence-electron chi connectivity index (χ3n) is 2.09. The van der Waals surface area contributed by atoms with Crippen LogP contribution in [0.1, 0.15) is 40.5 Å². The fraction of sp³-hybridized carbons (Fsp3) is 0.833. The molecule has 0 aromatic carbocycles. The summed E-state index contributed by atoms with van der Waals surface area (Å²) in [5, 5.41) is 16.6. The molecule has 0 spiro atoms. The number of carboxylic acid groups (broad SMARTS) is 2. The van der Waals surface area contributed by atoms with Crippen LogP contribution in [0.5, 0.6) is 0 Å². The first kappa shape index (κ1) is 19.2. The normalized spacial score (nSPS) is 13.8. The fourth-order valence-corrected chi connectivity index (χ4v) is 1.22. The molecule has 0 unspecified atom stereocenters.